The van der Waals surface area contributed by atoms with E-state index in [1.54, 1.807) is 25.7 Å². The molecule has 0 spiro atoms. The highest BCUT2D eigenvalue weighted by atomic mass is 16.5. The summed E-state index contributed by atoms with van der Waals surface area (Å²) in [6.45, 7) is 5.61. The number of aryl methyl sites for hydroxylation is 1. The summed E-state index contributed by atoms with van der Waals surface area (Å²) in [6.07, 6.45) is 0.790. The molecule has 170 valence electrons. The minimum Gasteiger partial charge on any atom is -0.461 e. The third-order valence-corrected chi connectivity index (χ3v) is 5.60. The van der Waals surface area contributed by atoms with Gasteiger partial charge in [0.05, 0.1) is 12.5 Å². The van der Waals surface area contributed by atoms with E-state index >= 15 is 0 Å². The number of ether oxygens (including phenoxy) is 2. The molecular weight excluding hydrogens is 412 g/mol. The summed E-state index contributed by atoms with van der Waals surface area (Å²) in [5, 5.41) is 0. The predicted octanol–water partition coefficient (Wildman–Crippen LogP) is 2.63. The molecule has 1 saturated heterocycles. The van der Waals surface area contributed by atoms with Crippen molar-refractivity contribution in [2.75, 3.05) is 26.3 Å². The number of nitrogens with one attached hydrogen (secondary N) is 1. The van der Waals surface area contributed by atoms with Crippen molar-refractivity contribution in [2.24, 2.45) is 5.92 Å². The molecule has 1 aromatic heterocycles. The van der Waals surface area contributed by atoms with E-state index in [4.69, 9.17) is 9.47 Å². The van der Waals surface area contributed by atoms with Gasteiger partial charge in [0.1, 0.15) is 5.69 Å². The van der Waals surface area contributed by atoms with Crippen LogP contribution in [0.25, 0.3) is 0 Å². The number of esters is 2. The van der Waals surface area contributed by atoms with E-state index in [0.29, 0.717) is 29.8 Å². The number of carbonyl (C=O) groups is 4. The fourth-order valence-corrected chi connectivity index (χ4v) is 3.96. The Morgan fingerprint density at radius 2 is 1.84 bits per heavy atom. The van der Waals surface area contributed by atoms with Gasteiger partial charge in [-0.1, -0.05) is 30.3 Å². The van der Waals surface area contributed by atoms with Crippen molar-refractivity contribution >= 4 is 23.6 Å². The van der Waals surface area contributed by atoms with Crippen LogP contribution in [0.5, 0.6) is 0 Å². The number of hydrogen-bond donors (Lipinski definition) is 1. The topological polar surface area (TPSA) is 106 Å². The molecule has 0 radical (unpaired) electrons. The standard InChI is InChI=1S/C24H28N2O6/c1-4-31-24(30)22-15(2)21(16(3)25-22)19(27)14-32-23(29)18-12-20(28)26(13-18)11-10-17-8-6-5-7-9-17/h5-9,18,25H,4,10-14H2,1-3H3. The maximum atomic E-state index is 12.7. The van der Waals surface area contributed by atoms with Crippen LogP contribution in [0.1, 0.15) is 51.0 Å². The van der Waals surface area contributed by atoms with E-state index in [9.17, 15) is 19.2 Å². The minimum absolute atomic E-state index is 0.0804. The Morgan fingerprint density at radius 1 is 1.12 bits per heavy atom. The smallest absolute Gasteiger partial charge is 0.355 e. The first-order valence-electron chi connectivity index (χ1n) is 10.7. The molecule has 2 aromatic rings. The molecule has 8 nitrogen and oxygen atoms in total. The lowest BCUT2D eigenvalue weighted by atomic mass is 10.1. The molecule has 0 aliphatic carbocycles. The van der Waals surface area contributed by atoms with E-state index in [0.717, 1.165) is 5.56 Å². The third-order valence-electron chi connectivity index (χ3n) is 5.60. The number of H-pyrrole nitrogens is 1. The quantitative estimate of drug-likeness (QED) is 0.475. The molecule has 0 bridgehead atoms. The number of hydrogen-bond acceptors (Lipinski definition) is 6. The zero-order valence-electron chi connectivity index (χ0n) is 18.6. The number of Topliss-reactive ketones (excluding diaryl/α,β-unsaturated/α-hetero) is 1. The largest absolute Gasteiger partial charge is 0.461 e. The maximum absolute atomic E-state index is 12.7. The average Bonchev–Trinajstić information content (AvgIpc) is 3.30. The van der Waals surface area contributed by atoms with Crippen LogP contribution in [-0.2, 0) is 25.5 Å². The molecule has 0 saturated carbocycles. The van der Waals surface area contributed by atoms with Gasteiger partial charge in [-0.05, 0) is 38.3 Å². The number of likely N-dealkylation sites (tertiary alicyclic amines) is 1. The highest BCUT2D eigenvalue weighted by Gasteiger charge is 2.35. The lowest BCUT2D eigenvalue weighted by Crippen LogP contribution is -2.29. The van der Waals surface area contributed by atoms with E-state index in [-0.39, 0.29) is 31.2 Å². The zero-order chi connectivity index (χ0) is 23.3. The van der Waals surface area contributed by atoms with Crippen LogP contribution in [0.2, 0.25) is 0 Å². The van der Waals surface area contributed by atoms with Crippen molar-refractivity contribution in [1.82, 2.24) is 9.88 Å². The van der Waals surface area contributed by atoms with Crippen molar-refractivity contribution in [3.63, 3.8) is 0 Å². The molecule has 1 aliphatic heterocycles. The van der Waals surface area contributed by atoms with Gasteiger partial charge in [0, 0.05) is 30.8 Å². The first-order chi connectivity index (χ1) is 15.3. The van der Waals surface area contributed by atoms with Crippen molar-refractivity contribution in [3.05, 3.63) is 58.4 Å². The Labute approximate surface area is 186 Å². The lowest BCUT2D eigenvalue weighted by molar-refractivity contribution is -0.147. The molecule has 8 heteroatoms. The summed E-state index contributed by atoms with van der Waals surface area (Å²) < 4.78 is 10.2. The van der Waals surface area contributed by atoms with Gasteiger partial charge in [-0.15, -0.1) is 0 Å². The molecule has 3 rings (SSSR count). The normalized spacial score (nSPS) is 15.7. The van der Waals surface area contributed by atoms with Crippen LogP contribution in [-0.4, -0.2) is 59.8 Å². The summed E-state index contributed by atoms with van der Waals surface area (Å²) in [7, 11) is 0. The van der Waals surface area contributed by atoms with Crippen LogP contribution < -0.4 is 0 Å². The van der Waals surface area contributed by atoms with Crippen LogP contribution in [0.4, 0.5) is 0 Å². The number of benzene rings is 1. The maximum Gasteiger partial charge on any atom is 0.355 e. The Hall–Kier alpha value is -3.42. The molecule has 2 heterocycles. The Kier molecular flexibility index (Phi) is 7.45. The Bertz CT molecular complexity index is 1010. The summed E-state index contributed by atoms with van der Waals surface area (Å²) in [4.78, 5) is 54.0. The second-order valence-electron chi connectivity index (χ2n) is 7.85. The number of carbonyl (C=O) groups excluding carboxylic acids is 4. The monoisotopic (exact) mass is 440 g/mol. The summed E-state index contributed by atoms with van der Waals surface area (Å²) in [5.41, 5.74) is 2.62. The van der Waals surface area contributed by atoms with E-state index in [1.807, 2.05) is 30.3 Å². The molecule has 32 heavy (non-hydrogen) atoms. The molecule has 1 fully saturated rings. The molecule has 1 amide bonds. The summed E-state index contributed by atoms with van der Waals surface area (Å²) in [5.74, 6) is -2.19. The fraction of sp³-hybridized carbons (Fsp3) is 0.417. The molecule has 1 atom stereocenters. The third kappa shape index (κ3) is 5.25. The van der Waals surface area contributed by atoms with E-state index in [1.165, 1.54) is 0 Å². The Balaban J connectivity index is 1.54. The molecular formula is C24H28N2O6. The van der Waals surface area contributed by atoms with Gasteiger partial charge in [0.25, 0.3) is 0 Å². The second-order valence-corrected chi connectivity index (χ2v) is 7.85. The number of aromatic nitrogens is 1. The number of rotatable bonds is 9. The van der Waals surface area contributed by atoms with Crippen LogP contribution >= 0.6 is 0 Å². The first-order valence-corrected chi connectivity index (χ1v) is 10.7. The van der Waals surface area contributed by atoms with Gasteiger partial charge in [0.2, 0.25) is 11.7 Å². The van der Waals surface area contributed by atoms with Crippen LogP contribution in [0.3, 0.4) is 0 Å². The lowest BCUT2D eigenvalue weighted by Gasteiger charge is -2.16. The predicted molar refractivity (Wildman–Crippen MR) is 116 cm³/mol. The number of amides is 1. The van der Waals surface area contributed by atoms with E-state index < -0.39 is 30.2 Å². The second kappa shape index (κ2) is 10.3. The number of aromatic amines is 1. The number of nitrogens with zero attached hydrogens (tertiary/aromatic N) is 1. The zero-order valence-corrected chi connectivity index (χ0v) is 18.6. The van der Waals surface area contributed by atoms with Gasteiger partial charge >= 0.3 is 11.9 Å². The van der Waals surface area contributed by atoms with Crippen LogP contribution in [0.15, 0.2) is 30.3 Å². The average molecular weight is 440 g/mol. The first kappa shape index (κ1) is 23.2. The molecule has 1 aliphatic rings. The molecule has 1 aromatic carbocycles. The summed E-state index contributed by atoms with van der Waals surface area (Å²) in [6, 6.07) is 9.82. The highest BCUT2D eigenvalue weighted by molar-refractivity contribution is 6.03. The fourth-order valence-electron chi connectivity index (χ4n) is 3.96. The van der Waals surface area contributed by atoms with Gasteiger partial charge in [0.15, 0.2) is 6.61 Å². The van der Waals surface area contributed by atoms with Gasteiger partial charge < -0.3 is 19.4 Å². The van der Waals surface area contributed by atoms with Crippen LogP contribution in [0, 0.1) is 19.8 Å². The Morgan fingerprint density at radius 3 is 2.53 bits per heavy atom. The van der Waals surface area contributed by atoms with Gasteiger partial charge in [-0.25, -0.2) is 4.79 Å². The van der Waals surface area contributed by atoms with Crippen molar-refractivity contribution in [1.29, 1.82) is 0 Å². The molecule has 1 N–H and O–H groups in total. The molecule has 1 unspecified atom stereocenters. The van der Waals surface area contributed by atoms with E-state index in [2.05, 4.69) is 4.98 Å². The van der Waals surface area contributed by atoms with Crippen molar-refractivity contribution < 1.29 is 28.7 Å². The SMILES string of the molecule is CCOC(=O)c1[nH]c(C)c(C(=O)COC(=O)C2CC(=O)N(CCc3ccccc3)C2)c1C. The van der Waals surface area contributed by atoms with Crippen molar-refractivity contribution in [2.45, 2.75) is 33.6 Å². The van der Waals surface area contributed by atoms with Gasteiger partial charge in [-0.3, -0.25) is 14.4 Å². The minimum atomic E-state index is -0.588. The highest BCUT2D eigenvalue weighted by Crippen LogP contribution is 2.22. The van der Waals surface area contributed by atoms with Crippen molar-refractivity contribution in [3.8, 4) is 0 Å². The summed E-state index contributed by atoms with van der Waals surface area (Å²) >= 11 is 0. The van der Waals surface area contributed by atoms with Gasteiger partial charge in [-0.2, -0.15) is 0 Å². The number of ketones is 1.